The van der Waals surface area contributed by atoms with E-state index in [0.717, 1.165) is 65.4 Å². The zero-order valence-corrected chi connectivity index (χ0v) is 19.2. The number of thiazole rings is 1. The number of rotatable bonds is 4. The van der Waals surface area contributed by atoms with Crippen LogP contribution in [-0.4, -0.2) is 62.2 Å². The molecule has 0 atom stereocenters. The zero-order valence-electron chi connectivity index (χ0n) is 17.7. The maximum Gasteiger partial charge on any atom is 0.229 e. The first-order valence-corrected chi connectivity index (χ1v) is 11.7. The van der Waals surface area contributed by atoms with Crippen molar-refractivity contribution in [3.05, 3.63) is 47.0 Å². The number of hydrogen-bond donors (Lipinski definition) is 0. The van der Waals surface area contributed by atoms with Crippen LogP contribution in [-0.2, 0) is 4.79 Å². The van der Waals surface area contributed by atoms with Crippen molar-refractivity contribution in [2.75, 3.05) is 56.2 Å². The first-order valence-electron chi connectivity index (χ1n) is 10.5. The first-order chi connectivity index (χ1) is 15.0. The molecule has 0 bridgehead atoms. The minimum atomic E-state index is 0.0565. The summed E-state index contributed by atoms with van der Waals surface area (Å²) in [5.41, 5.74) is 3.36. The number of methoxy groups -OCH3 is 1. The highest BCUT2D eigenvalue weighted by molar-refractivity contribution is 7.22. The topological polar surface area (TPSA) is 48.9 Å². The Kier molecular flexibility index (Phi) is 5.40. The van der Waals surface area contributed by atoms with Gasteiger partial charge in [0.1, 0.15) is 5.75 Å². The van der Waals surface area contributed by atoms with Crippen LogP contribution in [0.2, 0.25) is 5.02 Å². The number of amides is 1. The number of benzene rings is 2. The van der Waals surface area contributed by atoms with Gasteiger partial charge >= 0.3 is 0 Å². The Hall–Kier alpha value is -2.51. The Morgan fingerprint density at radius 3 is 2.61 bits per heavy atom. The van der Waals surface area contributed by atoms with Gasteiger partial charge in [0.15, 0.2) is 5.13 Å². The molecule has 0 radical (unpaired) electrons. The van der Waals surface area contributed by atoms with E-state index in [0.29, 0.717) is 0 Å². The number of nitrogens with zero attached hydrogens (tertiary/aromatic N) is 4. The van der Waals surface area contributed by atoms with Crippen LogP contribution in [0.3, 0.4) is 0 Å². The van der Waals surface area contributed by atoms with Crippen LogP contribution < -0.4 is 14.5 Å². The lowest BCUT2D eigenvalue weighted by Crippen LogP contribution is -2.58. The lowest BCUT2D eigenvalue weighted by atomic mass is 9.98. The fourth-order valence-electron chi connectivity index (χ4n) is 4.30. The summed E-state index contributed by atoms with van der Waals surface area (Å²) in [7, 11) is 1.67. The summed E-state index contributed by atoms with van der Waals surface area (Å²) in [6, 6.07) is 11.9. The lowest BCUT2D eigenvalue weighted by Gasteiger charge is -2.43. The van der Waals surface area contributed by atoms with Crippen LogP contribution in [0.5, 0.6) is 5.75 Å². The third-order valence-corrected chi connectivity index (χ3v) is 7.50. The second kappa shape index (κ2) is 8.20. The standard InChI is InChI=1S/C23H25ClN4O2S/c1-15-3-4-17(24)11-20(15)26-7-9-27(10-8-26)22(29)16-13-28(14-16)23-25-19-6-5-18(30-2)12-21(19)31-23/h3-6,11-12,16H,7-10,13-14H2,1-2H3. The molecule has 1 aromatic heterocycles. The Morgan fingerprint density at radius 1 is 1.10 bits per heavy atom. The number of hydrogen-bond acceptors (Lipinski definition) is 6. The highest BCUT2D eigenvalue weighted by Crippen LogP contribution is 2.35. The highest BCUT2D eigenvalue weighted by Gasteiger charge is 2.37. The molecule has 2 aliphatic heterocycles. The molecule has 0 saturated carbocycles. The lowest BCUT2D eigenvalue weighted by molar-refractivity contribution is -0.136. The molecule has 2 aromatic carbocycles. The van der Waals surface area contributed by atoms with E-state index in [2.05, 4.69) is 22.8 Å². The van der Waals surface area contributed by atoms with E-state index in [-0.39, 0.29) is 11.8 Å². The van der Waals surface area contributed by atoms with Crippen LogP contribution in [0.25, 0.3) is 10.2 Å². The van der Waals surface area contributed by atoms with Crippen LogP contribution in [0.1, 0.15) is 5.56 Å². The number of piperazine rings is 1. The molecule has 1 amide bonds. The van der Waals surface area contributed by atoms with E-state index in [4.69, 9.17) is 21.3 Å². The average Bonchev–Trinajstić information content (AvgIpc) is 3.17. The summed E-state index contributed by atoms with van der Waals surface area (Å²) in [5, 5.41) is 1.73. The van der Waals surface area contributed by atoms with Crippen LogP contribution in [0, 0.1) is 12.8 Å². The minimum Gasteiger partial charge on any atom is -0.497 e. The van der Waals surface area contributed by atoms with E-state index >= 15 is 0 Å². The average molecular weight is 457 g/mol. The third-order valence-electron chi connectivity index (χ3n) is 6.19. The van der Waals surface area contributed by atoms with Gasteiger partial charge in [-0.15, -0.1) is 0 Å². The summed E-state index contributed by atoms with van der Waals surface area (Å²) in [4.78, 5) is 24.3. The second-order valence-corrected chi connectivity index (χ2v) is 9.62. The van der Waals surface area contributed by atoms with Gasteiger partial charge in [0.25, 0.3) is 0 Å². The molecule has 3 heterocycles. The van der Waals surface area contributed by atoms with Gasteiger partial charge in [-0.1, -0.05) is 29.0 Å². The third kappa shape index (κ3) is 3.92. The number of carbonyl (C=O) groups is 1. The zero-order chi connectivity index (χ0) is 21.5. The van der Waals surface area contributed by atoms with Gasteiger partial charge in [-0.05, 0) is 42.8 Å². The van der Waals surface area contributed by atoms with E-state index in [9.17, 15) is 4.79 Å². The maximum absolute atomic E-state index is 13.0. The first kappa shape index (κ1) is 20.4. The quantitative estimate of drug-likeness (QED) is 0.592. The molecule has 31 heavy (non-hydrogen) atoms. The molecule has 0 unspecified atom stereocenters. The maximum atomic E-state index is 13.0. The van der Waals surface area contributed by atoms with Gasteiger partial charge in [-0.3, -0.25) is 4.79 Å². The van der Waals surface area contributed by atoms with Gasteiger partial charge in [-0.25, -0.2) is 4.98 Å². The molecule has 0 N–H and O–H groups in total. The summed E-state index contributed by atoms with van der Waals surface area (Å²) in [6.45, 7) is 6.76. The number of anilines is 2. The number of aryl methyl sites for hydroxylation is 1. The van der Waals surface area contributed by atoms with Crippen LogP contribution >= 0.6 is 22.9 Å². The van der Waals surface area contributed by atoms with Gasteiger partial charge in [0.2, 0.25) is 5.91 Å². The largest absolute Gasteiger partial charge is 0.497 e. The molecule has 5 rings (SSSR count). The van der Waals surface area contributed by atoms with Crippen LogP contribution in [0.15, 0.2) is 36.4 Å². The Bertz CT molecular complexity index is 1120. The van der Waals surface area contributed by atoms with E-state index in [1.165, 1.54) is 11.3 Å². The van der Waals surface area contributed by atoms with Crippen molar-refractivity contribution in [3.63, 3.8) is 0 Å². The van der Waals surface area contributed by atoms with Crippen molar-refractivity contribution >= 4 is 49.9 Å². The second-order valence-electron chi connectivity index (χ2n) is 8.18. The van der Waals surface area contributed by atoms with E-state index < -0.39 is 0 Å². The molecule has 0 aliphatic carbocycles. The van der Waals surface area contributed by atoms with Crippen molar-refractivity contribution in [1.82, 2.24) is 9.88 Å². The van der Waals surface area contributed by atoms with E-state index in [1.54, 1.807) is 18.4 Å². The predicted molar refractivity (Wildman–Crippen MR) is 127 cm³/mol. The number of carbonyl (C=O) groups excluding carboxylic acids is 1. The number of ether oxygens (including phenoxy) is 1. The van der Waals surface area contributed by atoms with Crippen molar-refractivity contribution in [1.29, 1.82) is 0 Å². The normalized spacial score (nSPS) is 17.2. The highest BCUT2D eigenvalue weighted by atomic mass is 35.5. The molecular weight excluding hydrogens is 432 g/mol. The van der Waals surface area contributed by atoms with Gasteiger partial charge in [-0.2, -0.15) is 0 Å². The smallest absolute Gasteiger partial charge is 0.229 e. The van der Waals surface area contributed by atoms with Gasteiger partial charge < -0.3 is 19.4 Å². The van der Waals surface area contributed by atoms with Crippen molar-refractivity contribution in [2.24, 2.45) is 5.92 Å². The van der Waals surface area contributed by atoms with Crippen LogP contribution in [0.4, 0.5) is 10.8 Å². The monoisotopic (exact) mass is 456 g/mol. The summed E-state index contributed by atoms with van der Waals surface area (Å²) in [5.74, 6) is 1.16. The molecule has 2 fully saturated rings. The minimum absolute atomic E-state index is 0.0565. The number of fused-ring (bicyclic) bond motifs is 1. The summed E-state index contributed by atoms with van der Waals surface area (Å²) < 4.78 is 6.41. The van der Waals surface area contributed by atoms with Crippen molar-refractivity contribution in [3.8, 4) is 5.75 Å². The fraction of sp³-hybridized carbons (Fsp3) is 0.391. The number of halogens is 1. The molecule has 6 nitrogen and oxygen atoms in total. The van der Waals surface area contributed by atoms with Gasteiger partial charge in [0.05, 0.1) is 23.2 Å². The Morgan fingerprint density at radius 2 is 1.87 bits per heavy atom. The Labute approximate surface area is 191 Å². The molecular formula is C23H25ClN4O2S. The SMILES string of the molecule is COc1ccc2nc(N3CC(C(=O)N4CCN(c5cc(Cl)ccc5C)CC4)C3)sc2c1. The molecule has 162 valence electrons. The number of aromatic nitrogens is 1. The molecule has 2 saturated heterocycles. The molecule has 3 aromatic rings. The summed E-state index contributed by atoms with van der Waals surface area (Å²) >= 11 is 7.83. The molecule has 2 aliphatic rings. The molecule has 0 spiro atoms. The van der Waals surface area contributed by atoms with Crippen molar-refractivity contribution < 1.29 is 9.53 Å². The molecule has 8 heteroatoms. The van der Waals surface area contributed by atoms with Gasteiger partial charge in [0, 0.05) is 50.0 Å². The predicted octanol–water partition coefficient (Wildman–Crippen LogP) is 4.05. The fourth-order valence-corrected chi connectivity index (χ4v) is 5.47. The summed E-state index contributed by atoms with van der Waals surface area (Å²) in [6.07, 6.45) is 0. The van der Waals surface area contributed by atoms with Crippen molar-refractivity contribution in [2.45, 2.75) is 6.92 Å². The Balaban J connectivity index is 1.17. The van der Waals surface area contributed by atoms with E-state index in [1.807, 2.05) is 35.2 Å².